The van der Waals surface area contributed by atoms with Crippen molar-refractivity contribution in [2.75, 3.05) is 6.61 Å². The van der Waals surface area contributed by atoms with Crippen LogP contribution < -0.4 is 10.1 Å². The molecule has 1 aromatic rings. The molecule has 6 heteroatoms. The second-order valence-corrected chi connectivity index (χ2v) is 5.61. The van der Waals surface area contributed by atoms with Crippen molar-refractivity contribution in [3.05, 3.63) is 29.0 Å². The van der Waals surface area contributed by atoms with Gasteiger partial charge in [-0.2, -0.15) is 0 Å². The van der Waals surface area contributed by atoms with Gasteiger partial charge in [0.2, 0.25) is 0 Å². The molecule has 0 saturated carbocycles. The highest BCUT2D eigenvalue weighted by Gasteiger charge is 2.21. The van der Waals surface area contributed by atoms with E-state index in [0.717, 1.165) is 6.07 Å². The average molecular weight is 318 g/mol. The number of rotatable bonds is 7. The summed E-state index contributed by atoms with van der Waals surface area (Å²) < 4.78 is 18.4. The average Bonchev–Trinajstić information content (AvgIpc) is 2.41. The van der Waals surface area contributed by atoms with Crippen molar-refractivity contribution in [3.63, 3.8) is 0 Å². The van der Waals surface area contributed by atoms with E-state index < -0.39 is 11.9 Å². The summed E-state index contributed by atoms with van der Waals surface area (Å²) in [6.07, 6.45) is -0.291. The Hall–Kier alpha value is -1.33. The minimum absolute atomic E-state index is 0.00214. The van der Waals surface area contributed by atoms with Crippen LogP contribution in [0.5, 0.6) is 5.75 Å². The first-order chi connectivity index (χ1) is 9.85. The van der Waals surface area contributed by atoms with E-state index >= 15 is 0 Å². The molecule has 2 atom stereocenters. The molecular formula is C15H21ClFNO3. The van der Waals surface area contributed by atoms with Gasteiger partial charge in [-0.15, -0.1) is 0 Å². The molecule has 0 radical (unpaired) electrons. The number of hydrogen-bond donors (Lipinski definition) is 2. The van der Waals surface area contributed by atoms with E-state index in [1.807, 2.05) is 13.8 Å². The predicted octanol–water partition coefficient (Wildman–Crippen LogP) is 2.77. The molecule has 0 aliphatic heterocycles. The molecule has 2 N–H and O–H groups in total. The summed E-state index contributed by atoms with van der Waals surface area (Å²) in [6, 6.07) is 3.60. The number of ether oxygens (including phenoxy) is 1. The van der Waals surface area contributed by atoms with Crippen molar-refractivity contribution in [2.24, 2.45) is 5.92 Å². The molecule has 0 aliphatic rings. The van der Waals surface area contributed by atoms with Crippen LogP contribution in [0.3, 0.4) is 0 Å². The Balaban J connectivity index is 2.65. The number of aliphatic hydroxyl groups is 1. The standard InChI is InChI=1S/C15H21ClFNO3/c1-9(2)13(6-7-19)18-15(20)10(3)21-14-5-4-11(17)8-12(14)16/h4-5,8-10,13,19H,6-7H2,1-3H3,(H,18,20). The zero-order valence-electron chi connectivity index (χ0n) is 12.4. The maximum atomic E-state index is 12.9. The Morgan fingerprint density at radius 3 is 2.62 bits per heavy atom. The number of halogens is 2. The highest BCUT2D eigenvalue weighted by molar-refractivity contribution is 6.32. The van der Waals surface area contributed by atoms with Gasteiger partial charge in [0.15, 0.2) is 6.10 Å². The van der Waals surface area contributed by atoms with Gasteiger partial charge in [0.25, 0.3) is 5.91 Å². The summed E-state index contributed by atoms with van der Waals surface area (Å²) in [5.41, 5.74) is 0. The molecule has 1 amide bonds. The number of amides is 1. The van der Waals surface area contributed by atoms with Gasteiger partial charge in [-0.25, -0.2) is 4.39 Å². The summed E-state index contributed by atoms with van der Waals surface area (Å²) in [5.74, 6) is -0.318. The van der Waals surface area contributed by atoms with Crippen LogP contribution in [0, 0.1) is 11.7 Å². The van der Waals surface area contributed by atoms with E-state index in [-0.39, 0.29) is 35.2 Å². The van der Waals surface area contributed by atoms with Crippen LogP contribution in [0.4, 0.5) is 4.39 Å². The lowest BCUT2D eigenvalue weighted by Gasteiger charge is -2.24. The molecule has 21 heavy (non-hydrogen) atoms. The predicted molar refractivity (Wildman–Crippen MR) is 80.0 cm³/mol. The maximum absolute atomic E-state index is 12.9. The van der Waals surface area contributed by atoms with Gasteiger partial charge in [0.1, 0.15) is 11.6 Å². The third-order valence-corrected chi connectivity index (χ3v) is 3.43. The SMILES string of the molecule is CC(Oc1ccc(F)cc1Cl)C(=O)NC(CCO)C(C)C. The van der Waals surface area contributed by atoms with Gasteiger partial charge in [-0.3, -0.25) is 4.79 Å². The molecule has 0 aliphatic carbocycles. The smallest absolute Gasteiger partial charge is 0.261 e. The fourth-order valence-electron chi connectivity index (χ4n) is 1.83. The van der Waals surface area contributed by atoms with E-state index in [4.69, 9.17) is 21.4 Å². The molecular weight excluding hydrogens is 297 g/mol. The third kappa shape index (κ3) is 5.52. The third-order valence-electron chi connectivity index (χ3n) is 3.14. The van der Waals surface area contributed by atoms with Gasteiger partial charge in [0.05, 0.1) is 5.02 Å². The molecule has 0 spiro atoms. The summed E-state index contributed by atoms with van der Waals surface area (Å²) in [5, 5.41) is 11.9. The lowest BCUT2D eigenvalue weighted by molar-refractivity contribution is -0.128. The van der Waals surface area contributed by atoms with Crippen LogP contribution in [-0.4, -0.2) is 29.8 Å². The number of carbonyl (C=O) groups excluding carboxylic acids is 1. The van der Waals surface area contributed by atoms with E-state index in [2.05, 4.69) is 5.32 Å². The molecule has 118 valence electrons. The van der Waals surface area contributed by atoms with Crippen molar-refractivity contribution < 1.29 is 19.0 Å². The van der Waals surface area contributed by atoms with Crippen LogP contribution in [0.15, 0.2) is 18.2 Å². The summed E-state index contributed by atoms with van der Waals surface area (Å²) in [6.45, 7) is 5.51. The van der Waals surface area contributed by atoms with Crippen LogP contribution in [0.25, 0.3) is 0 Å². The van der Waals surface area contributed by atoms with E-state index in [0.29, 0.717) is 6.42 Å². The van der Waals surface area contributed by atoms with Crippen molar-refractivity contribution in [3.8, 4) is 5.75 Å². The Morgan fingerprint density at radius 1 is 1.43 bits per heavy atom. The summed E-state index contributed by atoms with van der Waals surface area (Å²) >= 11 is 5.85. The van der Waals surface area contributed by atoms with Crippen molar-refractivity contribution in [2.45, 2.75) is 39.3 Å². The second-order valence-electron chi connectivity index (χ2n) is 5.21. The van der Waals surface area contributed by atoms with Gasteiger partial charge < -0.3 is 15.2 Å². The minimum Gasteiger partial charge on any atom is -0.479 e. The van der Waals surface area contributed by atoms with Crippen LogP contribution >= 0.6 is 11.6 Å². The zero-order chi connectivity index (χ0) is 16.0. The van der Waals surface area contributed by atoms with Gasteiger partial charge >= 0.3 is 0 Å². The highest BCUT2D eigenvalue weighted by atomic mass is 35.5. The second kappa shape index (κ2) is 8.20. The highest BCUT2D eigenvalue weighted by Crippen LogP contribution is 2.25. The Morgan fingerprint density at radius 2 is 2.10 bits per heavy atom. The first kappa shape index (κ1) is 17.7. The molecule has 4 nitrogen and oxygen atoms in total. The van der Waals surface area contributed by atoms with Crippen LogP contribution in [-0.2, 0) is 4.79 Å². The van der Waals surface area contributed by atoms with E-state index in [1.54, 1.807) is 6.92 Å². The summed E-state index contributed by atoms with van der Waals surface area (Å²) in [4.78, 5) is 12.1. The van der Waals surface area contributed by atoms with Crippen molar-refractivity contribution >= 4 is 17.5 Å². The van der Waals surface area contributed by atoms with E-state index in [1.165, 1.54) is 12.1 Å². The fourth-order valence-corrected chi connectivity index (χ4v) is 2.04. The lowest BCUT2D eigenvalue weighted by Crippen LogP contribution is -2.45. The largest absolute Gasteiger partial charge is 0.479 e. The number of hydrogen-bond acceptors (Lipinski definition) is 3. The monoisotopic (exact) mass is 317 g/mol. The molecule has 2 unspecified atom stereocenters. The zero-order valence-corrected chi connectivity index (χ0v) is 13.2. The van der Waals surface area contributed by atoms with Crippen LogP contribution in [0.2, 0.25) is 5.02 Å². The lowest BCUT2D eigenvalue weighted by atomic mass is 10.0. The first-order valence-electron chi connectivity index (χ1n) is 6.88. The van der Waals surface area contributed by atoms with Gasteiger partial charge in [0, 0.05) is 12.6 Å². The Kier molecular flexibility index (Phi) is 6.92. The molecule has 0 bridgehead atoms. The van der Waals surface area contributed by atoms with Crippen molar-refractivity contribution in [1.82, 2.24) is 5.32 Å². The number of benzene rings is 1. The number of nitrogens with one attached hydrogen (secondary N) is 1. The van der Waals surface area contributed by atoms with Gasteiger partial charge in [-0.1, -0.05) is 25.4 Å². The Bertz CT molecular complexity index is 482. The quantitative estimate of drug-likeness (QED) is 0.813. The molecule has 1 rings (SSSR count). The van der Waals surface area contributed by atoms with Crippen molar-refractivity contribution in [1.29, 1.82) is 0 Å². The molecule has 0 saturated heterocycles. The van der Waals surface area contributed by atoms with Crippen LogP contribution in [0.1, 0.15) is 27.2 Å². The molecule has 1 aromatic carbocycles. The molecule has 0 aromatic heterocycles. The van der Waals surface area contributed by atoms with E-state index in [9.17, 15) is 9.18 Å². The fraction of sp³-hybridized carbons (Fsp3) is 0.533. The maximum Gasteiger partial charge on any atom is 0.261 e. The number of carbonyl (C=O) groups is 1. The Labute approximate surface area is 129 Å². The minimum atomic E-state index is -0.770. The first-order valence-corrected chi connectivity index (χ1v) is 7.26. The molecule has 0 fully saturated rings. The summed E-state index contributed by atoms with van der Waals surface area (Å²) in [7, 11) is 0. The topological polar surface area (TPSA) is 58.6 Å². The number of aliphatic hydroxyl groups excluding tert-OH is 1. The normalized spacial score (nSPS) is 13.9. The van der Waals surface area contributed by atoms with Gasteiger partial charge in [-0.05, 0) is 37.5 Å². The molecule has 0 heterocycles.